The third kappa shape index (κ3) is 4.00. The normalized spacial score (nSPS) is 20.2. The molecule has 4 N–H and O–H groups in total. The first-order valence-electron chi connectivity index (χ1n) is 9.38. The van der Waals surface area contributed by atoms with Crippen molar-refractivity contribution in [2.75, 3.05) is 18.6 Å². The number of rotatable bonds is 7. The van der Waals surface area contributed by atoms with Crippen LogP contribution in [0.25, 0.3) is 5.57 Å². The molecule has 4 rings (SSSR count). The van der Waals surface area contributed by atoms with Gasteiger partial charge in [0.1, 0.15) is 29.9 Å². The molecule has 33 heavy (non-hydrogen) atoms. The van der Waals surface area contributed by atoms with Gasteiger partial charge in [0.15, 0.2) is 10.8 Å². The first-order valence-corrected chi connectivity index (χ1v) is 12.2. The van der Waals surface area contributed by atoms with Crippen LogP contribution >= 0.6 is 34.4 Å². The van der Waals surface area contributed by atoms with E-state index in [1.54, 1.807) is 10.9 Å². The van der Waals surface area contributed by atoms with Gasteiger partial charge in [0.05, 0.1) is 16.1 Å². The molecule has 14 heteroatoms. The molecule has 1 saturated heterocycles. The average Bonchev–Trinajstić information content (AvgIpc) is 3.41. The Morgan fingerprint density at radius 2 is 2.18 bits per heavy atom. The van der Waals surface area contributed by atoms with Crippen LogP contribution in [0.5, 0.6) is 0 Å². The van der Waals surface area contributed by atoms with E-state index in [0.717, 1.165) is 21.9 Å². The topological polar surface area (TPSA) is 160 Å². The van der Waals surface area contributed by atoms with Crippen molar-refractivity contribution in [3.05, 3.63) is 45.0 Å². The third-order valence-electron chi connectivity index (χ3n) is 5.00. The minimum Gasteiger partial charge on any atom is -0.477 e. The van der Waals surface area contributed by atoms with Crippen LogP contribution in [0.15, 0.2) is 33.9 Å². The number of fused-ring (bicyclic) bond motifs is 1. The summed E-state index contributed by atoms with van der Waals surface area (Å²) in [5.41, 5.74) is 8.94. The van der Waals surface area contributed by atoms with E-state index in [4.69, 9.17) is 10.6 Å². The molecule has 2 aromatic rings. The van der Waals surface area contributed by atoms with Crippen molar-refractivity contribution in [1.29, 1.82) is 0 Å². The molecule has 0 saturated carbocycles. The van der Waals surface area contributed by atoms with E-state index in [2.05, 4.69) is 27.0 Å². The number of nitrogens with two attached hydrogens (primary N) is 1. The first kappa shape index (κ1) is 22.9. The molecule has 2 aliphatic heterocycles. The van der Waals surface area contributed by atoms with Crippen molar-refractivity contribution >= 4 is 68.6 Å². The smallest absolute Gasteiger partial charge is 0.352 e. The lowest BCUT2D eigenvalue weighted by Gasteiger charge is -2.49. The Kier molecular flexibility index (Phi) is 6.23. The Morgan fingerprint density at radius 1 is 1.42 bits per heavy atom. The summed E-state index contributed by atoms with van der Waals surface area (Å²) in [6.07, 6.45) is 0. The van der Waals surface area contributed by atoms with Crippen molar-refractivity contribution in [2.45, 2.75) is 18.3 Å². The number of nitrogens with zero attached hydrogens (tertiary/aromatic N) is 4. The number of nitrogen functional groups attached to an aromatic ring is 1. The fraction of sp³-hybridized carbons (Fsp3) is 0.263. The van der Waals surface area contributed by atoms with Gasteiger partial charge in [-0.05, 0) is 12.5 Å². The number of allylic oxidation sites excluding steroid dienone is 1. The first-order chi connectivity index (χ1) is 15.7. The van der Waals surface area contributed by atoms with E-state index in [1.165, 1.54) is 35.1 Å². The molecular formula is C19H18N6O5S3. The van der Waals surface area contributed by atoms with E-state index in [0.29, 0.717) is 16.9 Å². The highest BCUT2D eigenvalue weighted by molar-refractivity contribution is 8.00. The molecule has 0 aromatic carbocycles. The number of thioether (sulfide) groups is 1. The number of aliphatic carboxylic acids is 1. The fourth-order valence-corrected chi connectivity index (χ4v) is 6.22. The molecule has 11 nitrogen and oxygen atoms in total. The number of oxime groups is 1. The summed E-state index contributed by atoms with van der Waals surface area (Å²) >= 11 is 3.82. The fourth-order valence-electron chi connectivity index (χ4n) is 3.48. The highest BCUT2D eigenvalue weighted by Gasteiger charge is 2.54. The summed E-state index contributed by atoms with van der Waals surface area (Å²) in [5.74, 6) is -2.16. The van der Waals surface area contributed by atoms with Gasteiger partial charge in [-0.25, -0.2) is 14.8 Å². The molecule has 0 radical (unpaired) electrons. The SMILES string of the molecule is C=C(C1=C(C(=O)O)N2C(=O)C(NC(=O)/C(=N\OC)c3csc(N)n3)[C@H]2SC1)c1scnc1C. The van der Waals surface area contributed by atoms with Crippen LogP contribution in [0.3, 0.4) is 0 Å². The van der Waals surface area contributed by atoms with Crippen LogP contribution in [-0.2, 0) is 19.2 Å². The standard InChI is InChI=1S/C19H18N6O5S3/c1-7(14-8(2)21-6-33-14)9-4-31-17-12(16(27)25(17)13(9)18(28)29)23-15(26)11(24-30-3)10-5-32-19(20)22-10/h5-6,12,17H,1,4H2,2-3H3,(H2,20,22)(H,23,26)(H,28,29)/b24-11-/t12?,17-/m1/s1. The van der Waals surface area contributed by atoms with Crippen LogP contribution in [0.4, 0.5) is 5.13 Å². The van der Waals surface area contributed by atoms with E-state index >= 15 is 0 Å². The molecular weight excluding hydrogens is 488 g/mol. The lowest BCUT2D eigenvalue weighted by Crippen LogP contribution is -2.71. The highest BCUT2D eigenvalue weighted by Crippen LogP contribution is 2.44. The summed E-state index contributed by atoms with van der Waals surface area (Å²) < 4.78 is 0. The van der Waals surface area contributed by atoms with E-state index in [-0.39, 0.29) is 22.2 Å². The number of carbonyl (C=O) groups is 3. The molecule has 172 valence electrons. The van der Waals surface area contributed by atoms with Crippen LogP contribution in [-0.4, -0.2) is 67.7 Å². The Bertz CT molecular complexity index is 1230. The van der Waals surface area contributed by atoms with Crippen LogP contribution in [0.2, 0.25) is 0 Å². The molecule has 0 bridgehead atoms. The molecule has 1 fully saturated rings. The Hall–Kier alpha value is -3.23. The van der Waals surface area contributed by atoms with Gasteiger partial charge < -0.3 is 21.0 Å². The van der Waals surface area contributed by atoms with E-state index in [1.807, 2.05) is 6.92 Å². The lowest BCUT2D eigenvalue weighted by atomic mass is 9.98. The number of nitrogens with one attached hydrogen (secondary N) is 1. The van der Waals surface area contributed by atoms with Gasteiger partial charge in [0, 0.05) is 16.7 Å². The Balaban J connectivity index is 1.58. The summed E-state index contributed by atoms with van der Waals surface area (Å²) in [4.78, 5) is 52.8. The molecule has 2 amide bonds. The summed E-state index contributed by atoms with van der Waals surface area (Å²) in [6.45, 7) is 5.86. The zero-order valence-electron chi connectivity index (χ0n) is 17.4. The predicted molar refractivity (Wildman–Crippen MR) is 126 cm³/mol. The molecule has 0 spiro atoms. The van der Waals surface area contributed by atoms with Crippen molar-refractivity contribution < 1.29 is 24.3 Å². The predicted octanol–water partition coefficient (Wildman–Crippen LogP) is 1.29. The van der Waals surface area contributed by atoms with Gasteiger partial charge in [0.2, 0.25) is 0 Å². The number of hydrogen-bond acceptors (Lipinski definition) is 11. The molecule has 1 unspecified atom stereocenters. The van der Waals surface area contributed by atoms with Gasteiger partial charge in [0.25, 0.3) is 11.8 Å². The number of thiazole rings is 2. The number of aromatic nitrogens is 2. The summed E-state index contributed by atoms with van der Waals surface area (Å²) in [5, 5.41) is 17.4. The number of aryl methyl sites for hydroxylation is 1. The van der Waals surface area contributed by atoms with E-state index in [9.17, 15) is 19.5 Å². The van der Waals surface area contributed by atoms with Gasteiger partial charge in [-0.2, -0.15) is 0 Å². The van der Waals surface area contributed by atoms with Crippen molar-refractivity contribution in [3.8, 4) is 0 Å². The van der Waals surface area contributed by atoms with Gasteiger partial charge in [-0.3, -0.25) is 14.5 Å². The summed E-state index contributed by atoms with van der Waals surface area (Å²) in [7, 11) is 1.28. The minimum atomic E-state index is -1.24. The zero-order valence-corrected chi connectivity index (χ0v) is 19.8. The lowest BCUT2D eigenvalue weighted by molar-refractivity contribution is -0.150. The maximum absolute atomic E-state index is 12.9. The molecule has 4 heterocycles. The second-order valence-electron chi connectivity index (χ2n) is 6.93. The Labute approximate surface area is 200 Å². The highest BCUT2D eigenvalue weighted by atomic mass is 32.2. The van der Waals surface area contributed by atoms with Gasteiger partial charge >= 0.3 is 5.97 Å². The van der Waals surface area contributed by atoms with Crippen LogP contribution < -0.4 is 11.1 Å². The minimum absolute atomic E-state index is 0.134. The van der Waals surface area contributed by atoms with Crippen LogP contribution in [0, 0.1) is 6.92 Å². The molecule has 2 atom stereocenters. The maximum Gasteiger partial charge on any atom is 0.352 e. The molecule has 2 aliphatic rings. The second kappa shape index (κ2) is 8.96. The zero-order chi connectivity index (χ0) is 23.9. The summed E-state index contributed by atoms with van der Waals surface area (Å²) in [6, 6.07) is -0.935. The number of hydrogen-bond donors (Lipinski definition) is 3. The largest absolute Gasteiger partial charge is 0.477 e. The second-order valence-corrected chi connectivity index (χ2v) is 9.78. The van der Waals surface area contributed by atoms with Crippen LogP contribution in [0.1, 0.15) is 16.3 Å². The number of carboxylic acid groups (broad SMARTS) is 1. The average molecular weight is 507 g/mol. The maximum atomic E-state index is 12.9. The number of β-lactam (4-membered cyclic amide) rings is 1. The molecule has 0 aliphatic carbocycles. The van der Waals surface area contributed by atoms with Gasteiger partial charge in [-0.1, -0.05) is 11.7 Å². The van der Waals surface area contributed by atoms with Crippen molar-refractivity contribution in [1.82, 2.24) is 20.2 Å². The van der Waals surface area contributed by atoms with Crippen molar-refractivity contribution in [3.63, 3.8) is 0 Å². The third-order valence-corrected chi connectivity index (χ3v) is 7.95. The van der Waals surface area contributed by atoms with Crippen molar-refractivity contribution in [2.24, 2.45) is 5.16 Å². The molecule has 2 aromatic heterocycles. The monoisotopic (exact) mass is 506 g/mol. The Morgan fingerprint density at radius 3 is 2.76 bits per heavy atom. The number of carboxylic acids is 1. The van der Waals surface area contributed by atoms with Gasteiger partial charge in [-0.15, -0.1) is 34.4 Å². The number of carbonyl (C=O) groups excluding carboxylic acids is 2. The number of anilines is 1. The number of amides is 2. The quantitative estimate of drug-likeness (QED) is 0.286. The van der Waals surface area contributed by atoms with E-state index < -0.39 is 29.2 Å².